The highest BCUT2D eigenvalue weighted by Gasteiger charge is 2.54. The summed E-state index contributed by atoms with van der Waals surface area (Å²) in [4.78, 5) is 11.6. The van der Waals surface area contributed by atoms with Gasteiger partial charge in [0.1, 0.15) is 5.22 Å². The molecule has 1 atom stereocenters. The average molecular weight is 333 g/mol. The smallest absolute Gasteiger partial charge is 0.302 e. The fraction of sp³-hybridized carbons (Fsp3) is 0.938. The van der Waals surface area contributed by atoms with Crippen LogP contribution in [0.3, 0.4) is 0 Å². The number of hydrogen-bond donors (Lipinski definition) is 0. The number of carbonyl (C=O) groups is 1. The lowest BCUT2D eigenvalue weighted by atomic mass is 10.2. The molecular weight excluding hydrogens is 296 g/mol. The van der Waals surface area contributed by atoms with Crippen molar-refractivity contribution in [2.24, 2.45) is 0 Å². The van der Waals surface area contributed by atoms with Gasteiger partial charge in [0.05, 0.1) is 8.07 Å². The number of hydrogen-bond acceptors (Lipinski definition) is 3. The van der Waals surface area contributed by atoms with Crippen molar-refractivity contribution in [1.82, 2.24) is 0 Å². The number of ether oxygens (including phenoxy) is 1. The quantitative estimate of drug-likeness (QED) is 0.468. The Morgan fingerprint density at radius 3 is 1.62 bits per heavy atom. The van der Waals surface area contributed by atoms with Crippen molar-refractivity contribution < 1.29 is 14.0 Å². The van der Waals surface area contributed by atoms with Gasteiger partial charge in [-0.2, -0.15) is 0 Å². The van der Waals surface area contributed by atoms with E-state index < -0.39 is 21.6 Å². The van der Waals surface area contributed by atoms with Crippen molar-refractivity contribution in [3.8, 4) is 0 Å². The van der Waals surface area contributed by atoms with Gasteiger partial charge in [0.25, 0.3) is 0 Å². The summed E-state index contributed by atoms with van der Waals surface area (Å²) in [6, 6.07) is 0. The molecule has 0 unspecified atom stereocenters. The monoisotopic (exact) mass is 332 g/mol. The third-order valence-electron chi connectivity index (χ3n) is 5.32. The fourth-order valence-electron chi connectivity index (χ4n) is 3.06. The summed E-state index contributed by atoms with van der Waals surface area (Å²) in [5.41, 5.74) is 0. The van der Waals surface area contributed by atoms with E-state index in [1.807, 2.05) is 0 Å². The Balaban J connectivity index is 5.65. The Hall–Kier alpha value is -0.136. The molecule has 0 saturated heterocycles. The molecule has 0 saturated carbocycles. The highest BCUT2D eigenvalue weighted by atomic mass is 28.4. The topological polar surface area (TPSA) is 35.5 Å². The van der Waals surface area contributed by atoms with Crippen LogP contribution in [-0.4, -0.2) is 32.8 Å². The number of carbonyl (C=O) groups excluding carboxylic acids is 1. The maximum absolute atomic E-state index is 11.6. The summed E-state index contributed by atoms with van der Waals surface area (Å²) in [6.07, 6.45) is 2.63. The van der Waals surface area contributed by atoms with E-state index in [0.29, 0.717) is 0 Å². The van der Waals surface area contributed by atoms with Gasteiger partial charge in [-0.1, -0.05) is 40.4 Å². The van der Waals surface area contributed by atoms with Crippen LogP contribution in [0.25, 0.3) is 0 Å². The van der Waals surface area contributed by atoms with Crippen LogP contribution in [0.5, 0.6) is 0 Å². The first kappa shape index (κ1) is 20.9. The van der Waals surface area contributed by atoms with E-state index in [1.54, 1.807) is 0 Å². The standard InChI is InChI=1S/C16H36O3Si2/c1-11-15(5,20(6,7)8)19-21(9,10)16(12-2,13-3)18-14(4)17/h11-13H2,1-10H3/t15-/m0/s1. The molecule has 21 heavy (non-hydrogen) atoms. The van der Waals surface area contributed by atoms with Crippen molar-refractivity contribution in [3.63, 3.8) is 0 Å². The van der Waals surface area contributed by atoms with E-state index in [1.165, 1.54) is 6.92 Å². The third-order valence-corrected chi connectivity index (χ3v) is 13.1. The summed E-state index contributed by atoms with van der Waals surface area (Å²) in [6.45, 7) is 21.6. The molecule has 0 aromatic heterocycles. The van der Waals surface area contributed by atoms with Crippen molar-refractivity contribution >= 4 is 22.4 Å². The maximum atomic E-state index is 11.6. The van der Waals surface area contributed by atoms with Crippen LogP contribution >= 0.6 is 0 Å². The lowest BCUT2D eigenvalue weighted by Gasteiger charge is -2.51. The summed E-state index contributed by atoms with van der Waals surface area (Å²) in [5.74, 6) is -0.200. The third kappa shape index (κ3) is 4.42. The van der Waals surface area contributed by atoms with Gasteiger partial charge in [0, 0.05) is 12.1 Å². The second-order valence-electron chi connectivity index (χ2n) is 7.74. The Labute approximate surface area is 133 Å². The molecule has 126 valence electrons. The molecule has 0 aliphatic carbocycles. The van der Waals surface area contributed by atoms with Gasteiger partial charge in [-0.25, -0.2) is 0 Å². The molecule has 0 aliphatic rings. The minimum absolute atomic E-state index is 0.0849. The largest absolute Gasteiger partial charge is 0.460 e. The predicted molar refractivity (Wildman–Crippen MR) is 95.7 cm³/mol. The molecule has 0 heterocycles. The highest BCUT2D eigenvalue weighted by Crippen LogP contribution is 2.39. The van der Waals surface area contributed by atoms with E-state index in [4.69, 9.17) is 9.16 Å². The van der Waals surface area contributed by atoms with E-state index in [0.717, 1.165) is 19.3 Å². The van der Waals surface area contributed by atoms with Crippen molar-refractivity contribution in [2.75, 3.05) is 0 Å². The first-order valence-corrected chi connectivity index (χ1v) is 14.6. The Morgan fingerprint density at radius 2 is 1.38 bits per heavy atom. The van der Waals surface area contributed by atoms with Crippen LogP contribution in [0, 0.1) is 0 Å². The normalized spacial score (nSPS) is 16.5. The number of esters is 1. The zero-order valence-corrected chi connectivity index (χ0v) is 17.8. The minimum Gasteiger partial charge on any atom is -0.460 e. The molecule has 5 heteroatoms. The van der Waals surface area contributed by atoms with Crippen LogP contribution in [-0.2, 0) is 14.0 Å². The van der Waals surface area contributed by atoms with Crippen molar-refractivity contribution in [2.45, 2.75) is 97.1 Å². The van der Waals surface area contributed by atoms with E-state index >= 15 is 0 Å². The second-order valence-corrected chi connectivity index (χ2v) is 17.4. The average Bonchev–Trinajstić information content (AvgIpc) is 2.33. The van der Waals surface area contributed by atoms with Crippen molar-refractivity contribution in [3.05, 3.63) is 0 Å². The molecule has 0 rings (SSSR count). The molecule has 0 radical (unpaired) electrons. The Morgan fingerprint density at radius 1 is 0.952 bits per heavy atom. The molecule has 0 aromatic rings. The molecule has 3 nitrogen and oxygen atoms in total. The summed E-state index contributed by atoms with van der Waals surface area (Å²) in [5, 5.41) is -0.520. The predicted octanol–water partition coefficient (Wildman–Crippen LogP) is 4.92. The zero-order valence-electron chi connectivity index (χ0n) is 15.8. The molecule has 0 spiro atoms. The maximum Gasteiger partial charge on any atom is 0.302 e. The van der Waals surface area contributed by atoms with Gasteiger partial charge < -0.3 is 9.16 Å². The van der Waals surface area contributed by atoms with E-state index in [-0.39, 0.29) is 11.2 Å². The first-order chi connectivity index (χ1) is 9.31. The second kappa shape index (κ2) is 6.96. The Kier molecular flexibility index (Phi) is 6.92. The zero-order chi connectivity index (χ0) is 17.1. The van der Waals surface area contributed by atoms with Crippen molar-refractivity contribution in [1.29, 1.82) is 0 Å². The van der Waals surface area contributed by atoms with Gasteiger partial charge in [0.2, 0.25) is 8.32 Å². The molecular formula is C16H36O3Si2. The van der Waals surface area contributed by atoms with Gasteiger partial charge in [-0.3, -0.25) is 4.79 Å². The van der Waals surface area contributed by atoms with Gasteiger partial charge in [-0.05, 0) is 39.3 Å². The fourth-order valence-corrected chi connectivity index (χ4v) is 9.66. The van der Waals surface area contributed by atoms with E-state index in [9.17, 15) is 4.79 Å². The number of rotatable bonds is 8. The van der Waals surface area contributed by atoms with Crippen LogP contribution in [0.15, 0.2) is 0 Å². The first-order valence-electron chi connectivity index (χ1n) is 8.20. The van der Waals surface area contributed by atoms with Crippen LogP contribution in [0.2, 0.25) is 32.7 Å². The highest BCUT2D eigenvalue weighted by molar-refractivity contribution is 6.81. The lowest BCUT2D eigenvalue weighted by Crippen LogP contribution is -2.65. The molecule has 0 amide bonds. The molecule has 0 aliphatic heterocycles. The molecule has 0 bridgehead atoms. The van der Waals surface area contributed by atoms with Crippen LogP contribution in [0.4, 0.5) is 0 Å². The van der Waals surface area contributed by atoms with E-state index in [2.05, 4.69) is 60.4 Å². The SMILES string of the molecule is CCC(CC)(OC(C)=O)[Si](C)(C)O[C@](C)(CC)[Si](C)(C)C. The molecule has 0 N–H and O–H groups in total. The van der Waals surface area contributed by atoms with Gasteiger partial charge in [-0.15, -0.1) is 0 Å². The summed E-state index contributed by atoms with van der Waals surface area (Å²) < 4.78 is 12.6. The minimum atomic E-state index is -2.22. The molecule has 0 fully saturated rings. The van der Waals surface area contributed by atoms with Gasteiger partial charge in [0.15, 0.2) is 0 Å². The Bertz CT molecular complexity index is 357. The van der Waals surface area contributed by atoms with Crippen LogP contribution in [0.1, 0.15) is 53.9 Å². The van der Waals surface area contributed by atoms with Crippen LogP contribution < -0.4 is 0 Å². The lowest BCUT2D eigenvalue weighted by molar-refractivity contribution is -0.152. The summed E-state index contributed by atoms with van der Waals surface area (Å²) >= 11 is 0. The summed E-state index contributed by atoms with van der Waals surface area (Å²) in [7, 11) is -3.71. The van der Waals surface area contributed by atoms with Gasteiger partial charge >= 0.3 is 5.97 Å². The molecule has 0 aromatic carbocycles.